The molecule has 1 N–H and O–H groups in total. The molecule has 0 aromatic carbocycles. The summed E-state index contributed by atoms with van der Waals surface area (Å²) in [6, 6.07) is 3.91. The Balaban J connectivity index is 1.36. The van der Waals surface area contributed by atoms with E-state index >= 15 is 0 Å². The Hall–Kier alpha value is -3.64. The van der Waals surface area contributed by atoms with Gasteiger partial charge < -0.3 is 24.4 Å². The van der Waals surface area contributed by atoms with Crippen molar-refractivity contribution in [3.05, 3.63) is 41.2 Å². The van der Waals surface area contributed by atoms with Crippen molar-refractivity contribution in [2.45, 2.75) is 145 Å². The highest BCUT2D eigenvalue weighted by Crippen LogP contribution is 2.77. The van der Waals surface area contributed by atoms with Gasteiger partial charge in [-0.2, -0.15) is 0 Å². The number of carbonyl (C=O) groups is 5. The fourth-order valence-electron chi connectivity index (χ4n) is 14.1. The molecule has 350 valence electrons. The molecule has 9 atom stereocenters. The number of ketones is 1. The van der Waals surface area contributed by atoms with Crippen LogP contribution in [0.3, 0.4) is 0 Å². The van der Waals surface area contributed by atoms with Crippen molar-refractivity contribution < 1.29 is 38.6 Å². The fourth-order valence-corrected chi connectivity index (χ4v) is 14.1. The third-order valence-corrected chi connectivity index (χ3v) is 17.8. The molecule has 5 unspecified atom stereocenters. The van der Waals surface area contributed by atoms with Gasteiger partial charge in [0, 0.05) is 70.9 Å². The molecule has 2 amide bonds. The molecule has 0 spiro atoms. The van der Waals surface area contributed by atoms with E-state index in [1.165, 1.54) is 5.57 Å². The van der Waals surface area contributed by atoms with Crippen LogP contribution >= 0.6 is 0 Å². The summed E-state index contributed by atoms with van der Waals surface area (Å²) in [4.78, 5) is 76.2. The highest BCUT2D eigenvalue weighted by atomic mass is 16.5. The standard InChI is InChI=1S/C51H78N4O8/c1-32(2)43-35(56)25-51(39(62-31-41(58)54(12)13)29-55(30-40(57)53(10)11)28-33-15-14-24-52-27-33)23-22-49(8)34(44(43)51)16-17-37-48(7)20-19-38(63-42(59)26-46(3,4)45(60)61)47(5,6)36(48)18-21-50(37,49)9/h14-15,24,27,32,34,36-39H,16-23,25-26,28-31H2,1-13H3,(H,60,61)/t34?,36?,37?,38-,39?,48-,49+,50+,51?/m0/s1. The van der Waals surface area contributed by atoms with E-state index in [1.54, 1.807) is 58.0 Å². The van der Waals surface area contributed by atoms with Crippen molar-refractivity contribution in [3.8, 4) is 0 Å². The van der Waals surface area contributed by atoms with Crippen LogP contribution in [0.5, 0.6) is 0 Å². The molecular formula is C51H78N4O8. The number of carbonyl (C=O) groups excluding carboxylic acids is 4. The normalized spacial score (nSPS) is 32.9. The van der Waals surface area contributed by atoms with Gasteiger partial charge in [0.2, 0.25) is 11.8 Å². The number of carboxylic acids is 1. The Morgan fingerprint density at radius 3 is 2.17 bits per heavy atom. The van der Waals surface area contributed by atoms with E-state index in [-0.39, 0.29) is 76.8 Å². The maximum atomic E-state index is 14.7. The third-order valence-electron chi connectivity index (χ3n) is 17.8. The number of allylic oxidation sites excluding steroid dienone is 1. The first-order valence-corrected chi connectivity index (χ1v) is 23.6. The number of hydrogen-bond acceptors (Lipinski definition) is 9. The average Bonchev–Trinajstić information content (AvgIpc) is 3.50. The number of Topliss-reactive ketones (excluding diaryl/α,β-unsaturated/α-hetero) is 1. The summed E-state index contributed by atoms with van der Waals surface area (Å²) >= 11 is 0. The van der Waals surface area contributed by atoms with Gasteiger partial charge in [0.15, 0.2) is 5.78 Å². The molecule has 12 nitrogen and oxygen atoms in total. The molecule has 63 heavy (non-hydrogen) atoms. The highest BCUT2D eigenvalue weighted by Gasteiger charge is 2.71. The number of nitrogens with zero attached hydrogens (tertiary/aromatic N) is 4. The number of likely N-dealkylation sites (N-methyl/N-ethyl adjacent to an activating group) is 2. The van der Waals surface area contributed by atoms with Gasteiger partial charge >= 0.3 is 11.9 Å². The predicted molar refractivity (Wildman–Crippen MR) is 242 cm³/mol. The minimum absolute atomic E-state index is 0.00697. The fraction of sp³-hybridized carbons (Fsp3) is 0.765. The molecule has 4 fully saturated rings. The topological polar surface area (TPSA) is 147 Å². The first-order valence-electron chi connectivity index (χ1n) is 23.6. The number of aromatic nitrogens is 1. The summed E-state index contributed by atoms with van der Waals surface area (Å²) in [6.45, 7) is 20.4. The Morgan fingerprint density at radius 1 is 0.889 bits per heavy atom. The summed E-state index contributed by atoms with van der Waals surface area (Å²) in [5.74, 6) is -0.566. The van der Waals surface area contributed by atoms with Crippen molar-refractivity contribution >= 4 is 29.5 Å². The van der Waals surface area contributed by atoms with E-state index < -0.39 is 28.9 Å². The van der Waals surface area contributed by atoms with Crippen LogP contribution in [-0.2, 0) is 40.0 Å². The van der Waals surface area contributed by atoms with Gasteiger partial charge in [-0.1, -0.05) is 60.1 Å². The second-order valence-corrected chi connectivity index (χ2v) is 23.0. The van der Waals surface area contributed by atoms with Crippen molar-refractivity contribution in [2.75, 3.05) is 47.9 Å². The number of amides is 2. The number of hydrogen-bond donors (Lipinski definition) is 1. The molecule has 1 heterocycles. The molecule has 6 rings (SSSR count). The number of rotatable bonds is 15. The smallest absolute Gasteiger partial charge is 0.309 e. The highest BCUT2D eigenvalue weighted by molar-refractivity contribution is 6.01. The summed E-state index contributed by atoms with van der Waals surface area (Å²) in [6.07, 6.45) is 10.2. The Bertz CT molecular complexity index is 1960. The molecular weight excluding hydrogens is 797 g/mol. The first-order chi connectivity index (χ1) is 29.2. The Kier molecular flexibility index (Phi) is 13.7. The largest absolute Gasteiger partial charge is 0.481 e. The number of ether oxygens (including phenoxy) is 2. The first kappa shape index (κ1) is 48.8. The maximum Gasteiger partial charge on any atom is 0.309 e. The predicted octanol–water partition coefficient (Wildman–Crippen LogP) is 7.84. The van der Waals surface area contributed by atoms with Crippen LogP contribution in [0.15, 0.2) is 35.7 Å². The molecule has 1 aromatic heterocycles. The minimum Gasteiger partial charge on any atom is -0.481 e. The van der Waals surface area contributed by atoms with E-state index in [4.69, 9.17) is 9.47 Å². The second-order valence-electron chi connectivity index (χ2n) is 23.0. The van der Waals surface area contributed by atoms with Gasteiger partial charge in [0.1, 0.15) is 12.7 Å². The lowest BCUT2D eigenvalue weighted by Gasteiger charge is -2.72. The zero-order valence-corrected chi connectivity index (χ0v) is 40.8. The SMILES string of the molecule is CC(C)C1=C2C3CCC4[C@@]5(C)CC[C@H](OC(=O)CC(C)(C)C(=O)O)C(C)(C)C5CC[C@@]4(C)[C@]3(C)CCC2(C(CN(CC(=O)N(C)C)Cc2cccnc2)OCC(=O)N(C)C)CC1=O. The van der Waals surface area contributed by atoms with Crippen molar-refractivity contribution in [2.24, 2.45) is 56.2 Å². The van der Waals surface area contributed by atoms with Crippen LogP contribution in [0, 0.1) is 56.2 Å². The molecule has 4 saturated carbocycles. The lowest BCUT2D eigenvalue weighted by Crippen LogP contribution is -2.66. The summed E-state index contributed by atoms with van der Waals surface area (Å²) in [5.41, 5.74) is 0.867. The van der Waals surface area contributed by atoms with Gasteiger partial charge in [-0.15, -0.1) is 0 Å². The van der Waals surface area contributed by atoms with Crippen LogP contribution in [0.25, 0.3) is 0 Å². The van der Waals surface area contributed by atoms with Crippen LogP contribution in [-0.4, -0.2) is 114 Å². The van der Waals surface area contributed by atoms with Gasteiger partial charge in [0.25, 0.3) is 0 Å². The molecule has 12 heteroatoms. The van der Waals surface area contributed by atoms with Gasteiger partial charge in [-0.25, -0.2) is 0 Å². The number of aliphatic carboxylic acids is 1. The molecule has 1 aromatic rings. The Morgan fingerprint density at radius 2 is 1.57 bits per heavy atom. The zero-order valence-electron chi connectivity index (χ0n) is 40.8. The number of esters is 1. The molecule has 5 aliphatic carbocycles. The second kappa shape index (κ2) is 17.6. The molecule has 0 radical (unpaired) electrons. The number of pyridine rings is 1. The minimum atomic E-state index is -1.20. The lowest BCUT2D eigenvalue weighted by atomic mass is 9.33. The quantitative estimate of drug-likeness (QED) is 0.173. The zero-order chi connectivity index (χ0) is 46.7. The van der Waals surface area contributed by atoms with Gasteiger partial charge in [-0.05, 0) is 122 Å². The molecule has 0 bridgehead atoms. The van der Waals surface area contributed by atoms with E-state index in [1.807, 2.05) is 18.3 Å². The van der Waals surface area contributed by atoms with Crippen molar-refractivity contribution in [1.29, 1.82) is 0 Å². The summed E-state index contributed by atoms with van der Waals surface area (Å²) < 4.78 is 13.1. The molecule has 5 aliphatic rings. The van der Waals surface area contributed by atoms with Crippen molar-refractivity contribution in [3.63, 3.8) is 0 Å². The van der Waals surface area contributed by atoms with Gasteiger partial charge in [0.05, 0.1) is 24.5 Å². The molecule has 0 saturated heterocycles. The maximum absolute atomic E-state index is 14.7. The lowest BCUT2D eigenvalue weighted by molar-refractivity contribution is -0.236. The van der Waals surface area contributed by atoms with Crippen LogP contribution in [0.1, 0.15) is 132 Å². The van der Waals surface area contributed by atoms with Crippen LogP contribution in [0.4, 0.5) is 0 Å². The monoisotopic (exact) mass is 875 g/mol. The average molecular weight is 875 g/mol. The van der Waals surface area contributed by atoms with E-state index in [9.17, 15) is 29.1 Å². The van der Waals surface area contributed by atoms with E-state index in [2.05, 4.69) is 58.4 Å². The summed E-state index contributed by atoms with van der Waals surface area (Å²) in [5, 5.41) is 9.70. The summed E-state index contributed by atoms with van der Waals surface area (Å²) in [7, 11) is 6.99. The van der Waals surface area contributed by atoms with Crippen molar-refractivity contribution in [1.82, 2.24) is 19.7 Å². The van der Waals surface area contributed by atoms with E-state index in [0.717, 1.165) is 62.5 Å². The van der Waals surface area contributed by atoms with Gasteiger partial charge in [-0.3, -0.25) is 33.9 Å². The van der Waals surface area contributed by atoms with Crippen LogP contribution in [0.2, 0.25) is 0 Å². The number of fused-ring (bicyclic) bond motifs is 7. The van der Waals surface area contributed by atoms with Crippen LogP contribution < -0.4 is 0 Å². The number of carboxylic acid groups (broad SMARTS) is 1. The molecule has 0 aliphatic heterocycles. The van der Waals surface area contributed by atoms with E-state index in [0.29, 0.717) is 31.3 Å². The Labute approximate surface area is 377 Å². The third kappa shape index (κ3) is 8.65.